The number of nitrogens with zero attached hydrogens (tertiary/aromatic N) is 5. The van der Waals surface area contributed by atoms with Crippen molar-refractivity contribution in [3.63, 3.8) is 0 Å². The molecule has 3 heterocycles. The Morgan fingerprint density at radius 2 is 2.00 bits per heavy atom. The van der Waals surface area contributed by atoms with E-state index in [0.29, 0.717) is 22.8 Å². The van der Waals surface area contributed by atoms with Crippen molar-refractivity contribution in [3.05, 3.63) is 35.8 Å². The number of carbonyl (C=O) groups excluding carboxylic acids is 1. The van der Waals surface area contributed by atoms with E-state index in [4.69, 9.17) is 4.74 Å². The SMILES string of the molecule is Cc1cc(Nc2ccc3c(c2)N(C)C(=O)CO3)n2nc(C(F)(F)F)nc2n1. The molecule has 0 spiro atoms. The number of hydrogen-bond acceptors (Lipinski definition) is 6. The van der Waals surface area contributed by atoms with Crippen molar-refractivity contribution in [1.82, 2.24) is 19.6 Å². The smallest absolute Gasteiger partial charge is 0.453 e. The van der Waals surface area contributed by atoms with Crippen LogP contribution in [0.15, 0.2) is 24.3 Å². The first-order valence-electron chi connectivity index (χ1n) is 7.84. The molecule has 4 rings (SSSR count). The van der Waals surface area contributed by atoms with Gasteiger partial charge in [-0.25, -0.2) is 4.98 Å². The van der Waals surface area contributed by atoms with E-state index in [9.17, 15) is 18.0 Å². The van der Waals surface area contributed by atoms with E-state index in [0.717, 1.165) is 4.52 Å². The number of hydrogen-bond donors (Lipinski definition) is 1. The van der Waals surface area contributed by atoms with Crippen molar-refractivity contribution >= 4 is 28.9 Å². The second kappa shape index (κ2) is 5.83. The predicted molar refractivity (Wildman–Crippen MR) is 89.2 cm³/mol. The van der Waals surface area contributed by atoms with Crippen LogP contribution in [0.4, 0.5) is 30.4 Å². The number of aryl methyl sites for hydroxylation is 1. The van der Waals surface area contributed by atoms with Crippen LogP contribution in [0.25, 0.3) is 5.78 Å². The largest absolute Gasteiger partial charge is 0.482 e. The number of alkyl halides is 3. The fourth-order valence-corrected chi connectivity index (χ4v) is 2.69. The molecular weight excluding hydrogens is 365 g/mol. The maximum Gasteiger partial charge on any atom is 0.453 e. The average Bonchev–Trinajstić information content (AvgIpc) is 3.03. The fourth-order valence-electron chi connectivity index (χ4n) is 2.69. The van der Waals surface area contributed by atoms with Gasteiger partial charge in [0, 0.05) is 24.5 Å². The monoisotopic (exact) mass is 378 g/mol. The van der Waals surface area contributed by atoms with Gasteiger partial charge in [-0.3, -0.25) is 4.79 Å². The van der Waals surface area contributed by atoms with Gasteiger partial charge in [-0.2, -0.15) is 22.7 Å². The lowest BCUT2D eigenvalue weighted by atomic mass is 10.2. The molecule has 140 valence electrons. The van der Waals surface area contributed by atoms with Crippen LogP contribution in [-0.2, 0) is 11.0 Å². The molecule has 0 aliphatic carbocycles. The molecule has 0 bridgehead atoms. The molecule has 0 radical (unpaired) electrons. The number of ether oxygens (including phenoxy) is 1. The molecule has 11 heteroatoms. The summed E-state index contributed by atoms with van der Waals surface area (Å²) in [6.45, 7) is 1.60. The van der Waals surface area contributed by atoms with Crippen LogP contribution in [0.5, 0.6) is 5.75 Å². The Kier molecular flexibility index (Phi) is 3.68. The van der Waals surface area contributed by atoms with E-state index in [1.807, 2.05) is 0 Å². The molecule has 2 aromatic heterocycles. The number of anilines is 3. The van der Waals surface area contributed by atoms with Crippen molar-refractivity contribution in [3.8, 4) is 5.75 Å². The normalized spacial score (nSPS) is 14.3. The van der Waals surface area contributed by atoms with E-state index >= 15 is 0 Å². The lowest BCUT2D eigenvalue weighted by Gasteiger charge is -2.26. The molecule has 1 aliphatic rings. The number of benzene rings is 1. The molecule has 3 aromatic rings. The van der Waals surface area contributed by atoms with Gasteiger partial charge in [0.1, 0.15) is 11.6 Å². The molecule has 1 aliphatic heterocycles. The minimum Gasteiger partial charge on any atom is -0.482 e. The third-order valence-electron chi connectivity index (χ3n) is 4.01. The minimum atomic E-state index is -4.68. The molecule has 27 heavy (non-hydrogen) atoms. The van der Waals surface area contributed by atoms with Crippen molar-refractivity contribution in [2.45, 2.75) is 13.1 Å². The summed E-state index contributed by atoms with van der Waals surface area (Å²) < 4.78 is 45.1. The molecule has 1 N–H and O–H groups in total. The van der Waals surface area contributed by atoms with Crippen LogP contribution in [0.3, 0.4) is 0 Å². The van der Waals surface area contributed by atoms with Gasteiger partial charge in [0.2, 0.25) is 0 Å². The average molecular weight is 378 g/mol. The fraction of sp³-hybridized carbons (Fsp3) is 0.250. The summed E-state index contributed by atoms with van der Waals surface area (Å²) in [5, 5.41) is 6.50. The quantitative estimate of drug-likeness (QED) is 0.738. The number of amides is 1. The summed E-state index contributed by atoms with van der Waals surface area (Å²) >= 11 is 0. The first-order valence-corrected chi connectivity index (χ1v) is 7.84. The third-order valence-corrected chi connectivity index (χ3v) is 4.01. The third kappa shape index (κ3) is 3.00. The van der Waals surface area contributed by atoms with Crippen molar-refractivity contribution in [2.24, 2.45) is 0 Å². The van der Waals surface area contributed by atoms with E-state index in [1.165, 1.54) is 4.90 Å². The molecule has 0 saturated heterocycles. The number of carbonyl (C=O) groups is 1. The van der Waals surface area contributed by atoms with Gasteiger partial charge in [-0.15, -0.1) is 5.10 Å². The van der Waals surface area contributed by atoms with E-state index in [1.54, 1.807) is 38.2 Å². The first kappa shape index (κ1) is 17.1. The number of nitrogens with one attached hydrogen (secondary N) is 1. The molecule has 0 saturated carbocycles. The van der Waals surface area contributed by atoms with Gasteiger partial charge in [-0.05, 0) is 25.1 Å². The van der Waals surface area contributed by atoms with Gasteiger partial charge < -0.3 is 15.0 Å². The Balaban J connectivity index is 1.76. The van der Waals surface area contributed by atoms with Gasteiger partial charge in [0.25, 0.3) is 17.5 Å². The minimum absolute atomic E-state index is 0.0420. The highest BCUT2D eigenvalue weighted by atomic mass is 19.4. The Labute approximate surface area is 150 Å². The molecule has 0 fully saturated rings. The molecule has 8 nitrogen and oxygen atoms in total. The summed E-state index contributed by atoms with van der Waals surface area (Å²) in [6, 6.07) is 6.57. The Morgan fingerprint density at radius 3 is 2.74 bits per heavy atom. The van der Waals surface area contributed by atoms with E-state index < -0.39 is 12.0 Å². The molecule has 1 aromatic carbocycles. The van der Waals surface area contributed by atoms with E-state index in [2.05, 4.69) is 20.4 Å². The van der Waals surface area contributed by atoms with Crippen molar-refractivity contribution in [2.75, 3.05) is 23.9 Å². The Morgan fingerprint density at radius 1 is 1.22 bits per heavy atom. The zero-order valence-electron chi connectivity index (χ0n) is 14.2. The van der Waals surface area contributed by atoms with Crippen LogP contribution in [-0.4, -0.2) is 39.1 Å². The van der Waals surface area contributed by atoms with Gasteiger partial charge in [0.15, 0.2) is 6.61 Å². The second-order valence-electron chi connectivity index (χ2n) is 5.98. The summed E-state index contributed by atoms with van der Waals surface area (Å²) in [7, 11) is 1.62. The zero-order valence-corrected chi connectivity index (χ0v) is 14.2. The highest BCUT2D eigenvalue weighted by molar-refractivity contribution is 5.98. The van der Waals surface area contributed by atoms with Crippen molar-refractivity contribution < 1.29 is 22.7 Å². The van der Waals surface area contributed by atoms with Crippen LogP contribution in [0, 0.1) is 6.92 Å². The number of fused-ring (bicyclic) bond motifs is 2. The molecule has 1 amide bonds. The van der Waals surface area contributed by atoms with Crippen LogP contribution in [0.2, 0.25) is 0 Å². The van der Waals surface area contributed by atoms with Gasteiger partial charge >= 0.3 is 6.18 Å². The first-order chi connectivity index (χ1) is 12.7. The maximum atomic E-state index is 12.9. The van der Waals surface area contributed by atoms with Gasteiger partial charge in [-0.1, -0.05) is 0 Å². The van der Waals surface area contributed by atoms with Crippen molar-refractivity contribution in [1.29, 1.82) is 0 Å². The Hall–Kier alpha value is -3.37. The maximum absolute atomic E-state index is 12.9. The summed E-state index contributed by atoms with van der Waals surface area (Å²) in [4.78, 5) is 20.7. The second-order valence-corrected chi connectivity index (χ2v) is 5.98. The highest BCUT2D eigenvalue weighted by Gasteiger charge is 2.37. The predicted octanol–water partition coefficient (Wildman–Crippen LogP) is 2.55. The lowest BCUT2D eigenvalue weighted by molar-refractivity contribution is -0.144. The molecular formula is C16H13F3N6O2. The standard InChI is InChI=1S/C16H13F3N6O2/c1-8-5-12(25-15(20-8)22-14(23-25)16(17,18)19)21-9-3-4-11-10(6-9)24(2)13(26)7-27-11/h3-6,21H,7H2,1-2H3. The Bertz CT molecular complexity index is 1060. The number of rotatable bonds is 2. The lowest BCUT2D eigenvalue weighted by Crippen LogP contribution is -2.35. The number of likely N-dealkylation sites (N-methyl/N-ethyl adjacent to an activating group) is 1. The summed E-state index contributed by atoms with van der Waals surface area (Å²) in [5.41, 5.74) is 1.56. The van der Waals surface area contributed by atoms with Crippen LogP contribution < -0.4 is 15.0 Å². The summed E-state index contributed by atoms with van der Waals surface area (Å²) in [6.07, 6.45) is -4.68. The molecule has 0 unspecified atom stereocenters. The highest BCUT2D eigenvalue weighted by Crippen LogP contribution is 2.35. The van der Waals surface area contributed by atoms with Crippen LogP contribution in [0.1, 0.15) is 11.5 Å². The van der Waals surface area contributed by atoms with E-state index in [-0.39, 0.29) is 24.1 Å². The zero-order chi connectivity index (χ0) is 19.3. The van der Waals surface area contributed by atoms with Gasteiger partial charge in [0.05, 0.1) is 5.69 Å². The topological polar surface area (TPSA) is 84.7 Å². The number of aromatic nitrogens is 4. The summed E-state index contributed by atoms with van der Waals surface area (Å²) in [5.74, 6) is -0.843. The van der Waals surface area contributed by atoms with Crippen LogP contribution >= 0.6 is 0 Å². The number of halogens is 3. The molecule has 0 atom stereocenters.